The fraction of sp³-hybridized carbons (Fsp3) is 0.595. The second kappa shape index (κ2) is 26.9. The van der Waals surface area contributed by atoms with E-state index in [0.717, 1.165) is 6.92 Å². The minimum atomic E-state index is -1.67. The maximum absolute atomic E-state index is 13.9. The Balaban J connectivity index is 0.00000773. The molecule has 0 aliphatic carbocycles. The van der Waals surface area contributed by atoms with Crippen molar-refractivity contribution in [3.63, 3.8) is 0 Å². The fourth-order valence-corrected chi connectivity index (χ4v) is 5.21. The van der Waals surface area contributed by atoms with E-state index in [0.29, 0.717) is 5.56 Å². The lowest BCUT2D eigenvalue weighted by Gasteiger charge is -2.28. The van der Waals surface area contributed by atoms with E-state index in [-0.39, 0.29) is 56.4 Å². The minimum Gasteiger partial charge on any atom is -0.481 e. The van der Waals surface area contributed by atoms with E-state index in [9.17, 15) is 43.8 Å². The molecule has 21 nitrogen and oxygen atoms in total. The number of primary amides is 1. The van der Waals surface area contributed by atoms with Crippen LogP contribution in [-0.4, -0.2) is 118 Å². The Hall–Kier alpha value is -5.83. The van der Waals surface area contributed by atoms with Gasteiger partial charge in [0.1, 0.15) is 36.3 Å². The summed E-state index contributed by atoms with van der Waals surface area (Å²) < 4.78 is 0. The van der Waals surface area contributed by atoms with Gasteiger partial charge in [-0.05, 0) is 50.0 Å². The molecule has 0 bridgehead atoms. The van der Waals surface area contributed by atoms with Crippen LogP contribution >= 0.6 is 0 Å². The summed E-state index contributed by atoms with van der Waals surface area (Å²) in [4.78, 5) is 103. The highest BCUT2D eigenvalue weighted by Gasteiger charge is 2.34. The van der Waals surface area contributed by atoms with Gasteiger partial charge < -0.3 is 64.8 Å². The number of aliphatic hydroxyl groups is 1. The molecular formula is C37H62N10O11. The third-order valence-corrected chi connectivity index (χ3v) is 8.02. The van der Waals surface area contributed by atoms with Crippen LogP contribution in [0.15, 0.2) is 35.3 Å². The van der Waals surface area contributed by atoms with Gasteiger partial charge in [-0.15, -0.1) is 0 Å². The van der Waals surface area contributed by atoms with Crippen molar-refractivity contribution in [3.8, 4) is 0 Å². The molecule has 326 valence electrons. The molecule has 0 radical (unpaired) electrons. The first-order valence-corrected chi connectivity index (χ1v) is 18.7. The number of carbonyl (C=O) groups excluding carboxylic acids is 6. The lowest BCUT2D eigenvalue weighted by atomic mass is 9.98. The van der Waals surface area contributed by atoms with Crippen LogP contribution in [-0.2, 0) is 44.8 Å². The number of hydrogen-bond acceptors (Lipinski definition) is 11. The first-order chi connectivity index (χ1) is 26.9. The SMILES string of the molecule is CC(=O)O.CC(C)C[C@H](NC(=O)[C@H](CC(C)C)NC(=O)[C@H](Cc1ccccc1)NC(=O)[C@@H](N)[C@@H](C)O)C(=O)N[C@@H](CCCN=C(N)N)C(=O)N[C@@H](CC(N)=O)C(=O)O. The highest BCUT2D eigenvalue weighted by molar-refractivity contribution is 5.97. The molecule has 0 unspecified atom stereocenters. The number of aliphatic imine (C=N–C) groups is 1. The second-order valence-corrected chi connectivity index (χ2v) is 14.5. The number of nitrogens with two attached hydrogens (primary N) is 4. The third-order valence-electron chi connectivity index (χ3n) is 8.02. The molecule has 58 heavy (non-hydrogen) atoms. The van der Waals surface area contributed by atoms with Gasteiger partial charge in [-0.25, -0.2) is 4.79 Å². The van der Waals surface area contributed by atoms with Crippen LogP contribution in [0.25, 0.3) is 0 Å². The van der Waals surface area contributed by atoms with Crippen molar-refractivity contribution in [2.75, 3.05) is 6.54 Å². The van der Waals surface area contributed by atoms with Crippen molar-refractivity contribution >= 4 is 53.3 Å². The summed E-state index contributed by atoms with van der Waals surface area (Å²) >= 11 is 0. The zero-order chi connectivity index (χ0) is 44.7. The van der Waals surface area contributed by atoms with E-state index in [4.69, 9.17) is 32.8 Å². The number of hydrogen-bond donors (Lipinski definition) is 12. The van der Waals surface area contributed by atoms with Gasteiger partial charge in [0.15, 0.2) is 5.96 Å². The van der Waals surface area contributed by atoms with Crippen molar-refractivity contribution in [3.05, 3.63) is 35.9 Å². The number of aliphatic carboxylic acids is 2. The largest absolute Gasteiger partial charge is 0.481 e. The van der Waals surface area contributed by atoms with Crippen LogP contribution in [0, 0.1) is 11.8 Å². The zero-order valence-corrected chi connectivity index (χ0v) is 33.9. The molecule has 6 amide bonds. The molecule has 1 aromatic carbocycles. The maximum Gasteiger partial charge on any atom is 0.326 e. The van der Waals surface area contributed by atoms with Crippen molar-refractivity contribution in [1.29, 1.82) is 0 Å². The van der Waals surface area contributed by atoms with Crippen LogP contribution in [0.1, 0.15) is 79.2 Å². The van der Waals surface area contributed by atoms with Gasteiger partial charge in [-0.1, -0.05) is 58.0 Å². The molecule has 0 spiro atoms. The standard InChI is InChI=1S/C35H58N10O9.C2H4O2/c1-18(2)14-23(30(49)41-22(12-9-13-40-35(38)39)29(48)45-26(34(53)54)17-27(36)47)42-31(50)24(15-19(3)4)43-32(51)25(16-21-10-7-6-8-11-21)44-33(52)28(37)20(5)46;1-2(3)4/h6-8,10-11,18-20,22-26,28,46H,9,12-17,37H2,1-5H3,(H2,36,47)(H,41,49)(H,42,50)(H,43,51)(H,44,52)(H,45,48)(H,53,54)(H4,38,39,40);1H3,(H,3,4)/t20-,22+,23+,24+,25+,26+,28+;/m1./s1. The quantitative estimate of drug-likeness (QED) is 0.0293. The van der Waals surface area contributed by atoms with Crippen LogP contribution < -0.4 is 49.5 Å². The highest BCUT2D eigenvalue weighted by Crippen LogP contribution is 2.12. The topological polar surface area (TPSA) is 374 Å². The average Bonchev–Trinajstić information content (AvgIpc) is 3.10. The number of nitrogens with one attached hydrogen (secondary N) is 5. The highest BCUT2D eigenvalue weighted by atomic mass is 16.4. The number of aliphatic hydroxyl groups excluding tert-OH is 1. The molecule has 1 aromatic rings. The van der Waals surface area contributed by atoms with Crippen LogP contribution in [0.2, 0.25) is 0 Å². The summed E-state index contributed by atoms with van der Waals surface area (Å²) in [5, 5.41) is 39.5. The van der Waals surface area contributed by atoms with Crippen LogP contribution in [0.4, 0.5) is 0 Å². The zero-order valence-electron chi connectivity index (χ0n) is 33.9. The molecule has 21 heteroatoms. The monoisotopic (exact) mass is 822 g/mol. The summed E-state index contributed by atoms with van der Waals surface area (Å²) in [5.41, 5.74) is 22.4. The lowest BCUT2D eigenvalue weighted by molar-refractivity contribution is -0.143. The summed E-state index contributed by atoms with van der Waals surface area (Å²) in [6, 6.07) is 0.883. The number of carboxylic acid groups (broad SMARTS) is 2. The Morgan fingerprint density at radius 2 is 1.07 bits per heavy atom. The van der Waals surface area contributed by atoms with Gasteiger partial charge in [0, 0.05) is 19.9 Å². The fourth-order valence-electron chi connectivity index (χ4n) is 5.21. The van der Waals surface area contributed by atoms with Crippen molar-refractivity contribution < 1.29 is 53.7 Å². The number of benzene rings is 1. The van der Waals surface area contributed by atoms with Crippen LogP contribution in [0.5, 0.6) is 0 Å². The van der Waals surface area contributed by atoms with Crippen LogP contribution in [0.3, 0.4) is 0 Å². The van der Waals surface area contributed by atoms with E-state index < -0.39 is 96.2 Å². The summed E-state index contributed by atoms with van der Waals surface area (Å²) in [5.74, 6) is -7.72. The number of guanidine groups is 1. The number of carboxylic acids is 2. The third kappa shape index (κ3) is 22.7. The Morgan fingerprint density at radius 3 is 1.48 bits per heavy atom. The normalized spacial score (nSPS) is 14.4. The average molecular weight is 823 g/mol. The number of rotatable bonds is 24. The first kappa shape index (κ1) is 52.2. The molecule has 7 atom stereocenters. The molecule has 0 aromatic heterocycles. The molecular weight excluding hydrogens is 760 g/mol. The first-order valence-electron chi connectivity index (χ1n) is 18.7. The van der Waals surface area contributed by atoms with E-state index in [1.807, 2.05) is 13.8 Å². The Kier molecular flexibility index (Phi) is 24.2. The summed E-state index contributed by atoms with van der Waals surface area (Å²) in [7, 11) is 0. The Morgan fingerprint density at radius 1 is 0.655 bits per heavy atom. The molecule has 0 saturated heterocycles. The van der Waals surface area contributed by atoms with E-state index in [1.54, 1.807) is 44.2 Å². The number of amides is 6. The Bertz CT molecular complexity index is 1550. The van der Waals surface area contributed by atoms with Crippen molar-refractivity contribution in [1.82, 2.24) is 26.6 Å². The molecule has 16 N–H and O–H groups in total. The van der Waals surface area contributed by atoms with E-state index in [1.165, 1.54) is 6.92 Å². The molecule has 1 rings (SSSR count). The predicted octanol–water partition coefficient (Wildman–Crippen LogP) is -2.44. The molecule has 0 aliphatic heterocycles. The molecule has 0 saturated carbocycles. The van der Waals surface area contributed by atoms with Gasteiger partial charge in [-0.2, -0.15) is 0 Å². The van der Waals surface area contributed by atoms with Crippen molar-refractivity contribution in [2.24, 2.45) is 39.8 Å². The predicted molar refractivity (Wildman–Crippen MR) is 213 cm³/mol. The smallest absolute Gasteiger partial charge is 0.326 e. The lowest BCUT2D eigenvalue weighted by Crippen LogP contribution is -2.60. The Labute approximate surface area is 337 Å². The molecule has 0 fully saturated rings. The van der Waals surface area contributed by atoms with Crippen molar-refractivity contribution in [2.45, 2.75) is 122 Å². The minimum absolute atomic E-state index is 0.0359. The summed E-state index contributed by atoms with van der Waals surface area (Å²) in [6.45, 7) is 9.74. The van der Waals surface area contributed by atoms with Gasteiger partial charge in [0.25, 0.3) is 5.97 Å². The summed E-state index contributed by atoms with van der Waals surface area (Å²) in [6.07, 6.45) is -1.51. The van der Waals surface area contributed by atoms with Gasteiger partial charge >= 0.3 is 5.97 Å². The van der Waals surface area contributed by atoms with Gasteiger partial charge in [-0.3, -0.25) is 38.6 Å². The van der Waals surface area contributed by atoms with Gasteiger partial charge in [0.05, 0.1) is 12.5 Å². The molecule has 0 heterocycles. The number of carbonyl (C=O) groups is 8. The maximum atomic E-state index is 13.9. The second-order valence-electron chi connectivity index (χ2n) is 14.5. The molecule has 0 aliphatic rings. The van der Waals surface area contributed by atoms with E-state index >= 15 is 0 Å². The number of nitrogens with zero attached hydrogens (tertiary/aromatic N) is 1. The van der Waals surface area contributed by atoms with Gasteiger partial charge in [0.2, 0.25) is 35.4 Å². The van der Waals surface area contributed by atoms with E-state index in [2.05, 4.69) is 31.6 Å².